The monoisotopic (exact) mass is 325 g/mol. The van der Waals surface area contributed by atoms with Gasteiger partial charge in [0.2, 0.25) is 5.91 Å². The summed E-state index contributed by atoms with van der Waals surface area (Å²) in [5.41, 5.74) is -0.823. The molecular formula is C17H27NO5. The van der Waals surface area contributed by atoms with Gasteiger partial charge in [0.05, 0.1) is 30.8 Å². The lowest BCUT2D eigenvalue weighted by atomic mass is 9.66. The highest BCUT2D eigenvalue weighted by atomic mass is 16.5. The minimum atomic E-state index is -0.823. The first-order chi connectivity index (χ1) is 11.1. The topological polar surface area (TPSA) is 76.1 Å². The second-order valence-corrected chi connectivity index (χ2v) is 7.21. The molecule has 0 aromatic carbocycles. The van der Waals surface area contributed by atoms with E-state index in [1.165, 1.54) is 0 Å². The molecule has 1 aliphatic heterocycles. The van der Waals surface area contributed by atoms with Gasteiger partial charge in [-0.15, -0.1) is 0 Å². The summed E-state index contributed by atoms with van der Waals surface area (Å²) >= 11 is 0. The predicted molar refractivity (Wildman–Crippen MR) is 83.0 cm³/mol. The van der Waals surface area contributed by atoms with Gasteiger partial charge in [-0.1, -0.05) is 12.8 Å². The molecule has 3 atom stereocenters. The lowest BCUT2D eigenvalue weighted by molar-refractivity contribution is -0.163. The number of nitrogens with zero attached hydrogens (tertiary/aromatic N) is 1. The van der Waals surface area contributed by atoms with Gasteiger partial charge < -0.3 is 19.5 Å². The second-order valence-electron chi connectivity index (χ2n) is 7.21. The maximum atomic E-state index is 12.8. The minimum Gasteiger partial charge on any atom is -0.481 e. The zero-order chi connectivity index (χ0) is 16.4. The van der Waals surface area contributed by atoms with Crippen LogP contribution in [-0.4, -0.2) is 60.9 Å². The van der Waals surface area contributed by atoms with Gasteiger partial charge in [-0.25, -0.2) is 0 Å². The number of amides is 1. The Morgan fingerprint density at radius 2 is 2.09 bits per heavy atom. The average Bonchev–Trinajstić information content (AvgIpc) is 2.98. The first kappa shape index (κ1) is 16.7. The summed E-state index contributed by atoms with van der Waals surface area (Å²) in [6.45, 7) is 1.63. The van der Waals surface area contributed by atoms with Crippen molar-refractivity contribution in [1.29, 1.82) is 0 Å². The minimum absolute atomic E-state index is 0.0228. The lowest BCUT2D eigenvalue weighted by Gasteiger charge is -2.43. The molecule has 0 aromatic heterocycles. The number of aliphatic carboxylic acids is 1. The van der Waals surface area contributed by atoms with E-state index >= 15 is 0 Å². The number of carboxylic acids is 1. The van der Waals surface area contributed by atoms with Gasteiger partial charge in [-0.3, -0.25) is 9.59 Å². The summed E-state index contributed by atoms with van der Waals surface area (Å²) < 4.78 is 11.2. The number of rotatable bonds is 5. The van der Waals surface area contributed by atoms with Crippen LogP contribution in [0.25, 0.3) is 0 Å². The van der Waals surface area contributed by atoms with Gasteiger partial charge in [-0.2, -0.15) is 0 Å². The molecular weight excluding hydrogens is 298 g/mol. The molecule has 130 valence electrons. The molecule has 1 N–H and O–H groups in total. The van der Waals surface area contributed by atoms with Crippen LogP contribution in [0.5, 0.6) is 0 Å². The fourth-order valence-electron chi connectivity index (χ4n) is 4.44. The van der Waals surface area contributed by atoms with E-state index in [1.807, 2.05) is 4.90 Å². The van der Waals surface area contributed by atoms with E-state index in [1.54, 1.807) is 7.11 Å². The molecule has 3 aliphatic rings. The third kappa shape index (κ3) is 3.11. The Bertz CT molecular complexity index is 462. The van der Waals surface area contributed by atoms with Crippen LogP contribution in [0.3, 0.4) is 0 Å². The number of ether oxygens (including phenoxy) is 2. The number of morpholine rings is 1. The molecule has 0 bridgehead atoms. The van der Waals surface area contributed by atoms with E-state index in [4.69, 9.17) is 9.47 Å². The maximum Gasteiger partial charge on any atom is 0.310 e. The Morgan fingerprint density at radius 1 is 1.30 bits per heavy atom. The normalized spacial score (nSPS) is 33.3. The summed E-state index contributed by atoms with van der Waals surface area (Å²) in [5, 5.41) is 9.47. The molecule has 0 aromatic rings. The Kier molecular flexibility index (Phi) is 4.92. The SMILES string of the molecule is CO[C@@H]1CCC[C@H]1[C@H]1COCCN1C(=O)CC1(C(=O)O)CCC1. The summed E-state index contributed by atoms with van der Waals surface area (Å²) in [6, 6.07) is 0.0228. The Balaban J connectivity index is 1.70. The highest BCUT2D eigenvalue weighted by Crippen LogP contribution is 2.45. The van der Waals surface area contributed by atoms with Crippen molar-refractivity contribution in [2.75, 3.05) is 26.9 Å². The van der Waals surface area contributed by atoms with Crippen LogP contribution >= 0.6 is 0 Å². The van der Waals surface area contributed by atoms with E-state index in [-0.39, 0.29) is 24.5 Å². The standard InChI is InChI=1S/C17H27NO5/c1-22-14-5-2-4-12(14)13-11-23-9-8-18(13)15(19)10-17(16(20)21)6-3-7-17/h12-14H,2-11H2,1H3,(H,20,21)/t12-,13+,14+/m0/s1. The summed E-state index contributed by atoms with van der Waals surface area (Å²) in [4.78, 5) is 26.3. The lowest BCUT2D eigenvalue weighted by Crippen LogP contribution is -2.55. The van der Waals surface area contributed by atoms with Crippen LogP contribution in [0.2, 0.25) is 0 Å². The van der Waals surface area contributed by atoms with Crippen LogP contribution in [0.1, 0.15) is 44.9 Å². The smallest absolute Gasteiger partial charge is 0.310 e. The largest absolute Gasteiger partial charge is 0.481 e. The van der Waals surface area contributed by atoms with E-state index < -0.39 is 11.4 Å². The molecule has 3 fully saturated rings. The van der Waals surface area contributed by atoms with Gasteiger partial charge in [0.15, 0.2) is 0 Å². The van der Waals surface area contributed by atoms with Crippen molar-refractivity contribution in [3.8, 4) is 0 Å². The number of methoxy groups -OCH3 is 1. The van der Waals surface area contributed by atoms with Crippen molar-refractivity contribution in [3.05, 3.63) is 0 Å². The zero-order valence-electron chi connectivity index (χ0n) is 13.8. The van der Waals surface area contributed by atoms with Crippen molar-refractivity contribution >= 4 is 11.9 Å². The Labute approximate surface area is 137 Å². The molecule has 0 spiro atoms. The zero-order valence-corrected chi connectivity index (χ0v) is 13.8. The van der Waals surface area contributed by atoms with E-state index in [0.29, 0.717) is 38.5 Å². The molecule has 2 saturated carbocycles. The molecule has 1 amide bonds. The van der Waals surface area contributed by atoms with Gasteiger partial charge in [0, 0.05) is 26.0 Å². The van der Waals surface area contributed by atoms with Crippen LogP contribution in [-0.2, 0) is 19.1 Å². The van der Waals surface area contributed by atoms with Gasteiger partial charge >= 0.3 is 5.97 Å². The molecule has 23 heavy (non-hydrogen) atoms. The number of carbonyl (C=O) groups is 2. The molecule has 0 radical (unpaired) electrons. The van der Waals surface area contributed by atoms with Crippen LogP contribution in [0, 0.1) is 11.3 Å². The van der Waals surface area contributed by atoms with Crippen LogP contribution in [0.15, 0.2) is 0 Å². The van der Waals surface area contributed by atoms with Gasteiger partial charge in [0.1, 0.15) is 0 Å². The van der Waals surface area contributed by atoms with Gasteiger partial charge in [-0.05, 0) is 25.7 Å². The molecule has 6 heteroatoms. The third-order valence-corrected chi connectivity index (χ3v) is 6.04. The van der Waals surface area contributed by atoms with Crippen molar-refractivity contribution in [1.82, 2.24) is 4.90 Å². The van der Waals surface area contributed by atoms with E-state index in [2.05, 4.69) is 0 Å². The first-order valence-electron chi connectivity index (χ1n) is 8.71. The van der Waals surface area contributed by atoms with Crippen LogP contribution in [0.4, 0.5) is 0 Å². The quantitative estimate of drug-likeness (QED) is 0.832. The Hall–Kier alpha value is -1.14. The number of hydrogen-bond acceptors (Lipinski definition) is 4. The maximum absolute atomic E-state index is 12.8. The molecule has 3 rings (SSSR count). The van der Waals surface area contributed by atoms with Crippen molar-refractivity contribution in [3.63, 3.8) is 0 Å². The fourth-order valence-corrected chi connectivity index (χ4v) is 4.44. The number of hydrogen-bond donors (Lipinski definition) is 1. The summed E-state index contributed by atoms with van der Waals surface area (Å²) in [7, 11) is 1.73. The molecule has 2 aliphatic carbocycles. The van der Waals surface area contributed by atoms with Crippen molar-refractivity contribution < 1.29 is 24.2 Å². The van der Waals surface area contributed by atoms with Crippen LogP contribution < -0.4 is 0 Å². The van der Waals surface area contributed by atoms with Crippen molar-refractivity contribution in [2.45, 2.75) is 57.1 Å². The van der Waals surface area contributed by atoms with Crippen molar-refractivity contribution in [2.24, 2.45) is 11.3 Å². The molecule has 1 saturated heterocycles. The predicted octanol–water partition coefficient (Wildman–Crippen LogP) is 1.67. The summed E-state index contributed by atoms with van der Waals surface area (Å²) in [5.74, 6) is -0.550. The van der Waals surface area contributed by atoms with Gasteiger partial charge in [0.25, 0.3) is 0 Å². The molecule has 0 unspecified atom stereocenters. The number of carbonyl (C=O) groups excluding carboxylic acids is 1. The molecule has 6 nitrogen and oxygen atoms in total. The average molecular weight is 325 g/mol. The second kappa shape index (κ2) is 6.77. The van der Waals surface area contributed by atoms with E-state index in [0.717, 1.165) is 25.7 Å². The fraction of sp³-hybridized carbons (Fsp3) is 0.882. The highest BCUT2D eigenvalue weighted by molar-refractivity contribution is 5.86. The number of carboxylic acid groups (broad SMARTS) is 1. The Morgan fingerprint density at radius 3 is 2.70 bits per heavy atom. The van der Waals surface area contributed by atoms with E-state index in [9.17, 15) is 14.7 Å². The third-order valence-electron chi connectivity index (χ3n) is 6.04. The summed E-state index contributed by atoms with van der Waals surface area (Å²) in [6.07, 6.45) is 5.62. The molecule has 1 heterocycles. The highest BCUT2D eigenvalue weighted by Gasteiger charge is 2.48. The first-order valence-corrected chi connectivity index (χ1v) is 8.71.